The zero-order chi connectivity index (χ0) is 27.9. The van der Waals surface area contributed by atoms with Crippen LogP contribution in [0, 0.1) is 11.3 Å². The second kappa shape index (κ2) is 12.7. The Hall–Kier alpha value is -4.26. The van der Waals surface area contributed by atoms with Gasteiger partial charge in [0.25, 0.3) is 5.91 Å². The summed E-state index contributed by atoms with van der Waals surface area (Å²) in [5, 5.41) is 15.0. The average molecular weight is 568 g/mol. The fraction of sp³-hybridized carbons (Fsp3) is 0.226. The SMILES string of the molecule is CCCCC(=O)N(Cc1cncn1Cc1ccc(C#N)cc1)c1ccc2sc(C(=O)NCc3cccs3)cc2c1. The van der Waals surface area contributed by atoms with Crippen LogP contribution in [-0.4, -0.2) is 21.4 Å². The van der Waals surface area contributed by atoms with E-state index in [9.17, 15) is 9.59 Å². The number of aromatic nitrogens is 2. The average Bonchev–Trinajstić information content (AvgIpc) is 3.75. The Labute approximate surface area is 241 Å². The van der Waals surface area contributed by atoms with Crippen molar-refractivity contribution in [3.63, 3.8) is 0 Å². The third-order valence-corrected chi connectivity index (χ3v) is 8.63. The highest BCUT2D eigenvalue weighted by atomic mass is 32.1. The first-order valence-corrected chi connectivity index (χ1v) is 14.9. The van der Waals surface area contributed by atoms with Gasteiger partial charge in [0, 0.05) is 34.4 Å². The summed E-state index contributed by atoms with van der Waals surface area (Å²) in [6.45, 7) is 3.55. The van der Waals surface area contributed by atoms with Crippen molar-refractivity contribution < 1.29 is 9.59 Å². The van der Waals surface area contributed by atoms with Gasteiger partial charge in [0.05, 0.1) is 41.6 Å². The highest BCUT2D eigenvalue weighted by Gasteiger charge is 2.20. The van der Waals surface area contributed by atoms with E-state index < -0.39 is 0 Å². The number of carbonyl (C=O) groups excluding carboxylic acids is 2. The molecule has 40 heavy (non-hydrogen) atoms. The lowest BCUT2D eigenvalue weighted by atomic mass is 10.1. The number of unbranched alkanes of at least 4 members (excludes halogenated alkanes) is 1. The van der Waals surface area contributed by atoms with Crippen LogP contribution < -0.4 is 10.2 Å². The van der Waals surface area contributed by atoms with Crippen molar-refractivity contribution in [2.24, 2.45) is 0 Å². The Kier molecular flexibility index (Phi) is 8.69. The van der Waals surface area contributed by atoms with Gasteiger partial charge in [0.15, 0.2) is 0 Å². The van der Waals surface area contributed by atoms with Crippen LogP contribution in [0.3, 0.4) is 0 Å². The minimum atomic E-state index is -0.0984. The van der Waals surface area contributed by atoms with Gasteiger partial charge in [-0.05, 0) is 65.2 Å². The van der Waals surface area contributed by atoms with Crippen LogP contribution in [0.5, 0.6) is 0 Å². The molecule has 2 aromatic carbocycles. The largest absolute Gasteiger partial charge is 0.346 e. The molecule has 1 N–H and O–H groups in total. The van der Waals surface area contributed by atoms with Crippen LogP contribution >= 0.6 is 22.7 Å². The first kappa shape index (κ1) is 27.3. The molecule has 5 rings (SSSR count). The molecule has 0 bridgehead atoms. The summed E-state index contributed by atoms with van der Waals surface area (Å²) in [6.07, 6.45) is 5.77. The number of nitrogens with zero attached hydrogens (tertiary/aromatic N) is 4. The molecule has 0 aliphatic heterocycles. The molecule has 0 unspecified atom stereocenters. The van der Waals surface area contributed by atoms with Gasteiger partial charge < -0.3 is 14.8 Å². The maximum Gasteiger partial charge on any atom is 0.261 e. The summed E-state index contributed by atoms with van der Waals surface area (Å²) in [5.74, 6) is -0.0461. The molecule has 9 heteroatoms. The lowest BCUT2D eigenvalue weighted by Gasteiger charge is -2.24. The number of imidazole rings is 1. The van der Waals surface area contributed by atoms with E-state index in [2.05, 4.69) is 23.3 Å². The molecule has 7 nitrogen and oxygen atoms in total. The quantitative estimate of drug-likeness (QED) is 0.192. The number of nitriles is 1. The van der Waals surface area contributed by atoms with E-state index in [-0.39, 0.29) is 11.8 Å². The lowest BCUT2D eigenvalue weighted by molar-refractivity contribution is -0.118. The van der Waals surface area contributed by atoms with Crippen molar-refractivity contribution in [3.8, 4) is 6.07 Å². The Balaban J connectivity index is 1.37. The molecule has 3 heterocycles. The summed E-state index contributed by atoms with van der Waals surface area (Å²) < 4.78 is 3.03. The van der Waals surface area contributed by atoms with Crippen molar-refractivity contribution in [2.75, 3.05) is 4.90 Å². The smallest absolute Gasteiger partial charge is 0.261 e. The van der Waals surface area contributed by atoms with Gasteiger partial charge in [-0.25, -0.2) is 4.98 Å². The third kappa shape index (κ3) is 6.47. The second-order valence-electron chi connectivity index (χ2n) is 9.50. The van der Waals surface area contributed by atoms with Gasteiger partial charge >= 0.3 is 0 Å². The molecule has 0 fully saturated rings. The van der Waals surface area contributed by atoms with Crippen molar-refractivity contribution in [1.82, 2.24) is 14.9 Å². The summed E-state index contributed by atoms with van der Waals surface area (Å²) in [6, 6.07) is 21.4. The molecule has 3 aromatic heterocycles. The van der Waals surface area contributed by atoms with Gasteiger partial charge in [-0.2, -0.15) is 5.26 Å². The zero-order valence-electron chi connectivity index (χ0n) is 22.2. The van der Waals surface area contributed by atoms with E-state index in [0.717, 1.165) is 44.7 Å². The first-order chi connectivity index (χ1) is 19.5. The van der Waals surface area contributed by atoms with Crippen molar-refractivity contribution in [2.45, 2.75) is 45.8 Å². The number of amides is 2. The molecule has 0 aliphatic rings. The Morgan fingerprint density at radius 3 is 2.73 bits per heavy atom. The number of hydrogen-bond acceptors (Lipinski definition) is 6. The number of hydrogen-bond donors (Lipinski definition) is 1. The summed E-state index contributed by atoms with van der Waals surface area (Å²) in [4.78, 5) is 34.2. The van der Waals surface area contributed by atoms with E-state index in [1.54, 1.807) is 36.0 Å². The number of carbonyl (C=O) groups is 2. The predicted molar refractivity (Wildman–Crippen MR) is 161 cm³/mol. The van der Waals surface area contributed by atoms with Gasteiger partial charge in [0.1, 0.15) is 0 Å². The second-order valence-corrected chi connectivity index (χ2v) is 11.6. The van der Waals surface area contributed by atoms with Crippen LogP contribution in [0.4, 0.5) is 5.69 Å². The van der Waals surface area contributed by atoms with Crippen LogP contribution in [0.2, 0.25) is 0 Å². The summed E-state index contributed by atoms with van der Waals surface area (Å²) in [5.41, 5.74) is 3.37. The van der Waals surface area contributed by atoms with Gasteiger partial charge in [-0.15, -0.1) is 22.7 Å². The van der Waals surface area contributed by atoms with Crippen LogP contribution in [0.25, 0.3) is 10.1 Å². The van der Waals surface area contributed by atoms with Gasteiger partial charge in [0.2, 0.25) is 5.91 Å². The Bertz CT molecular complexity index is 1650. The van der Waals surface area contributed by atoms with Crippen LogP contribution in [0.1, 0.15) is 57.6 Å². The number of fused-ring (bicyclic) bond motifs is 1. The number of thiophene rings is 2. The topological polar surface area (TPSA) is 91.0 Å². The zero-order valence-corrected chi connectivity index (χ0v) is 23.8. The normalized spacial score (nSPS) is 10.9. The minimum Gasteiger partial charge on any atom is -0.346 e. The third-order valence-electron chi connectivity index (χ3n) is 6.64. The van der Waals surface area contributed by atoms with Crippen molar-refractivity contribution in [3.05, 3.63) is 105 Å². The van der Waals surface area contributed by atoms with E-state index in [1.807, 2.05) is 63.4 Å². The number of benzene rings is 2. The van der Waals surface area contributed by atoms with Crippen molar-refractivity contribution in [1.29, 1.82) is 5.26 Å². The summed E-state index contributed by atoms with van der Waals surface area (Å²) in [7, 11) is 0. The molecule has 0 saturated carbocycles. The Morgan fingerprint density at radius 2 is 1.98 bits per heavy atom. The molecular formula is C31H29N5O2S2. The van der Waals surface area contributed by atoms with Gasteiger partial charge in [-0.1, -0.05) is 31.5 Å². The monoisotopic (exact) mass is 567 g/mol. The molecule has 0 aliphatic carbocycles. The molecule has 5 aromatic rings. The first-order valence-electron chi connectivity index (χ1n) is 13.2. The van der Waals surface area contributed by atoms with Crippen LogP contribution in [0.15, 0.2) is 78.6 Å². The van der Waals surface area contributed by atoms with Crippen molar-refractivity contribution >= 4 is 50.3 Å². The molecule has 0 radical (unpaired) electrons. The highest BCUT2D eigenvalue weighted by molar-refractivity contribution is 7.20. The fourth-order valence-electron chi connectivity index (χ4n) is 4.43. The Morgan fingerprint density at radius 1 is 1.12 bits per heavy atom. The number of anilines is 1. The van der Waals surface area contributed by atoms with E-state index in [0.29, 0.717) is 36.5 Å². The maximum absolute atomic E-state index is 13.4. The maximum atomic E-state index is 13.4. The molecule has 0 saturated heterocycles. The number of rotatable bonds is 11. The lowest BCUT2D eigenvalue weighted by Crippen LogP contribution is -2.31. The predicted octanol–water partition coefficient (Wildman–Crippen LogP) is 6.73. The molecular weight excluding hydrogens is 539 g/mol. The molecule has 202 valence electrons. The minimum absolute atomic E-state index is 0.0523. The van der Waals surface area contributed by atoms with E-state index in [1.165, 1.54) is 11.3 Å². The fourth-order valence-corrected chi connectivity index (χ4v) is 6.03. The summed E-state index contributed by atoms with van der Waals surface area (Å²) >= 11 is 3.07. The standard InChI is InChI=1S/C31H29N5O2S2/c1-2-3-6-30(37)36(20-26-17-33-21-35(26)19-23-9-7-22(16-32)8-10-23)25-11-12-28-24(14-25)15-29(40-28)31(38)34-18-27-5-4-13-39-27/h4-5,7-15,17,21H,2-3,6,18-20H2,1H3,(H,34,38). The van der Waals surface area contributed by atoms with E-state index in [4.69, 9.17) is 5.26 Å². The number of nitrogens with one attached hydrogen (secondary N) is 1. The highest BCUT2D eigenvalue weighted by Crippen LogP contribution is 2.31. The van der Waals surface area contributed by atoms with E-state index >= 15 is 0 Å². The molecule has 0 atom stereocenters. The molecule has 2 amide bonds. The molecule has 0 spiro atoms. The van der Waals surface area contributed by atoms with Gasteiger partial charge in [-0.3, -0.25) is 9.59 Å². The van der Waals surface area contributed by atoms with Crippen LogP contribution in [-0.2, 0) is 24.4 Å².